The zero-order chi connectivity index (χ0) is 12.7. The molecule has 92 valence electrons. The highest BCUT2D eigenvalue weighted by molar-refractivity contribution is 6.09. The first kappa shape index (κ1) is 10.9. The van der Waals surface area contributed by atoms with Crippen LogP contribution in [0.25, 0.3) is 0 Å². The van der Waals surface area contributed by atoms with Crippen molar-refractivity contribution in [2.24, 2.45) is 10.3 Å². The molecule has 1 aromatic carbocycles. The molecule has 0 unspecified atom stereocenters. The maximum atomic E-state index is 11.6. The molecule has 3 rings (SSSR count). The Hall–Kier alpha value is -2.24. The first-order chi connectivity index (χ1) is 8.65. The number of carbonyl (C=O) groups is 2. The van der Waals surface area contributed by atoms with Gasteiger partial charge in [0, 0.05) is 0 Å². The predicted molar refractivity (Wildman–Crippen MR) is 62.3 cm³/mol. The Morgan fingerprint density at radius 1 is 1.22 bits per heavy atom. The van der Waals surface area contributed by atoms with E-state index in [2.05, 4.69) is 15.7 Å². The molecular weight excluding hydrogens is 232 g/mol. The van der Waals surface area contributed by atoms with Gasteiger partial charge in [-0.25, -0.2) is 0 Å². The van der Waals surface area contributed by atoms with Crippen molar-refractivity contribution in [1.82, 2.24) is 10.3 Å². The van der Waals surface area contributed by atoms with Gasteiger partial charge in [-0.2, -0.15) is 5.11 Å². The molecule has 18 heavy (non-hydrogen) atoms. The molecule has 0 aliphatic carbocycles. The van der Waals surface area contributed by atoms with Crippen LogP contribution < -0.4 is 5.32 Å². The molecule has 0 bridgehead atoms. The monoisotopic (exact) mass is 244 g/mol. The normalized spacial score (nSPS) is 25.5. The van der Waals surface area contributed by atoms with Gasteiger partial charge in [0.15, 0.2) is 12.1 Å². The van der Waals surface area contributed by atoms with Crippen molar-refractivity contribution in [2.75, 3.05) is 0 Å². The molecule has 1 aromatic rings. The second-order valence-electron chi connectivity index (χ2n) is 4.53. The van der Waals surface area contributed by atoms with Crippen molar-refractivity contribution in [3.05, 3.63) is 35.4 Å². The Kier molecular flexibility index (Phi) is 2.36. The van der Waals surface area contributed by atoms with Gasteiger partial charge >= 0.3 is 0 Å². The first-order valence-electron chi connectivity index (χ1n) is 5.73. The smallest absolute Gasteiger partial charge is 0.256 e. The van der Waals surface area contributed by atoms with Gasteiger partial charge in [0.2, 0.25) is 0 Å². The molecule has 0 radical (unpaired) electrons. The van der Waals surface area contributed by atoms with E-state index in [1.165, 1.54) is 5.56 Å². The number of rotatable bonds is 2. The molecule has 2 aliphatic rings. The van der Waals surface area contributed by atoms with Crippen molar-refractivity contribution in [2.45, 2.75) is 25.6 Å². The summed E-state index contributed by atoms with van der Waals surface area (Å²) >= 11 is 0. The second-order valence-corrected chi connectivity index (χ2v) is 4.53. The quantitative estimate of drug-likeness (QED) is 0.773. The van der Waals surface area contributed by atoms with Crippen molar-refractivity contribution in [3.63, 3.8) is 0 Å². The molecule has 1 N–H and O–H groups in total. The Morgan fingerprint density at radius 2 is 1.94 bits per heavy atom. The van der Waals surface area contributed by atoms with Gasteiger partial charge in [0.05, 0.1) is 6.54 Å². The van der Waals surface area contributed by atoms with E-state index in [9.17, 15) is 9.59 Å². The standard InChI is InChI=1S/C12H12N4O2/c1-7-2-4-8(5-3-7)6-16-10-9(14-15-16)11(17)13-12(10)18/h2-5,9-10H,6H2,1H3,(H,13,17,18)/t9-,10-/m1/s1. The SMILES string of the molecule is Cc1ccc(CN2N=N[C@H]3C(=O)NC(=O)[C@@H]32)cc1. The van der Waals surface area contributed by atoms with Crippen LogP contribution in [-0.2, 0) is 16.1 Å². The van der Waals surface area contributed by atoms with Gasteiger partial charge in [-0.1, -0.05) is 35.1 Å². The predicted octanol–water partition coefficient (Wildman–Crippen LogP) is 0.571. The highest BCUT2D eigenvalue weighted by Crippen LogP contribution is 2.24. The fraction of sp³-hybridized carbons (Fsp3) is 0.333. The van der Waals surface area contributed by atoms with Gasteiger partial charge in [0.1, 0.15) is 0 Å². The number of carbonyl (C=O) groups excluding carboxylic acids is 2. The summed E-state index contributed by atoms with van der Waals surface area (Å²) in [7, 11) is 0. The number of benzene rings is 1. The number of aryl methyl sites for hydroxylation is 1. The third-order valence-corrected chi connectivity index (χ3v) is 3.16. The minimum Gasteiger partial charge on any atom is -0.292 e. The number of amides is 2. The average Bonchev–Trinajstić information content (AvgIpc) is 2.86. The molecular formula is C12H12N4O2. The van der Waals surface area contributed by atoms with Crippen LogP contribution in [0.3, 0.4) is 0 Å². The Labute approximate surface area is 104 Å². The molecule has 1 fully saturated rings. The van der Waals surface area contributed by atoms with E-state index in [4.69, 9.17) is 0 Å². The maximum absolute atomic E-state index is 11.6. The van der Waals surface area contributed by atoms with Crippen LogP contribution in [0.1, 0.15) is 11.1 Å². The summed E-state index contributed by atoms with van der Waals surface area (Å²) in [5.41, 5.74) is 2.21. The van der Waals surface area contributed by atoms with Gasteiger partial charge in [-0.3, -0.25) is 19.9 Å². The van der Waals surface area contributed by atoms with Crippen LogP contribution in [0, 0.1) is 6.92 Å². The van der Waals surface area contributed by atoms with Crippen molar-refractivity contribution in [1.29, 1.82) is 0 Å². The van der Waals surface area contributed by atoms with Gasteiger partial charge in [-0.05, 0) is 12.5 Å². The fourth-order valence-electron chi connectivity index (χ4n) is 2.16. The van der Waals surface area contributed by atoms with E-state index in [0.717, 1.165) is 5.56 Å². The minimum absolute atomic E-state index is 0.317. The molecule has 2 aliphatic heterocycles. The molecule has 2 atom stereocenters. The summed E-state index contributed by atoms with van der Waals surface area (Å²) in [5, 5.41) is 11.6. The van der Waals surface area contributed by atoms with E-state index < -0.39 is 12.1 Å². The number of imide groups is 1. The number of nitrogens with one attached hydrogen (secondary N) is 1. The van der Waals surface area contributed by atoms with E-state index in [-0.39, 0.29) is 11.8 Å². The van der Waals surface area contributed by atoms with Crippen LogP contribution in [0.2, 0.25) is 0 Å². The number of hydrogen-bond donors (Lipinski definition) is 1. The zero-order valence-corrected chi connectivity index (χ0v) is 9.83. The zero-order valence-electron chi connectivity index (χ0n) is 9.83. The molecule has 0 spiro atoms. The molecule has 2 heterocycles. The Morgan fingerprint density at radius 3 is 2.67 bits per heavy atom. The lowest BCUT2D eigenvalue weighted by Gasteiger charge is -2.18. The summed E-state index contributed by atoms with van der Waals surface area (Å²) < 4.78 is 0. The number of fused-ring (bicyclic) bond motifs is 1. The Balaban J connectivity index is 1.78. The van der Waals surface area contributed by atoms with Gasteiger partial charge in [-0.15, -0.1) is 0 Å². The van der Waals surface area contributed by atoms with E-state index in [0.29, 0.717) is 6.54 Å². The minimum atomic E-state index is -0.678. The van der Waals surface area contributed by atoms with Crippen LogP contribution in [0.5, 0.6) is 0 Å². The highest BCUT2D eigenvalue weighted by atomic mass is 16.2. The summed E-state index contributed by atoms with van der Waals surface area (Å²) in [6, 6.07) is 6.70. The number of nitrogens with zero attached hydrogens (tertiary/aromatic N) is 3. The van der Waals surface area contributed by atoms with Crippen molar-refractivity contribution >= 4 is 11.8 Å². The van der Waals surface area contributed by atoms with Crippen molar-refractivity contribution in [3.8, 4) is 0 Å². The summed E-state index contributed by atoms with van der Waals surface area (Å²) in [6.45, 7) is 2.49. The van der Waals surface area contributed by atoms with Crippen LogP contribution >= 0.6 is 0 Å². The lowest BCUT2D eigenvalue weighted by atomic mass is 10.1. The number of hydrogen-bond acceptors (Lipinski definition) is 5. The molecule has 6 nitrogen and oxygen atoms in total. The summed E-state index contributed by atoms with van der Waals surface area (Å²) in [6.07, 6.45) is 0. The molecule has 2 amide bonds. The van der Waals surface area contributed by atoms with E-state index in [1.54, 1.807) is 5.01 Å². The molecule has 1 saturated heterocycles. The largest absolute Gasteiger partial charge is 0.292 e. The van der Waals surface area contributed by atoms with Crippen LogP contribution in [0.4, 0.5) is 0 Å². The highest BCUT2D eigenvalue weighted by Gasteiger charge is 2.49. The maximum Gasteiger partial charge on any atom is 0.256 e. The van der Waals surface area contributed by atoms with E-state index in [1.807, 2.05) is 31.2 Å². The van der Waals surface area contributed by atoms with Crippen LogP contribution in [-0.4, -0.2) is 28.9 Å². The van der Waals surface area contributed by atoms with Crippen molar-refractivity contribution < 1.29 is 9.59 Å². The fourth-order valence-corrected chi connectivity index (χ4v) is 2.16. The second kappa shape index (κ2) is 3.90. The molecule has 6 heteroatoms. The lowest BCUT2D eigenvalue weighted by molar-refractivity contribution is -0.126. The van der Waals surface area contributed by atoms with Gasteiger partial charge < -0.3 is 0 Å². The average molecular weight is 244 g/mol. The van der Waals surface area contributed by atoms with Gasteiger partial charge in [0.25, 0.3) is 11.8 Å². The summed E-state index contributed by atoms with van der Waals surface area (Å²) in [5.74, 6) is -0.678. The topological polar surface area (TPSA) is 74.1 Å². The third kappa shape index (κ3) is 1.66. The van der Waals surface area contributed by atoms with Crippen LogP contribution in [0.15, 0.2) is 34.6 Å². The Bertz CT molecular complexity index is 538. The lowest BCUT2D eigenvalue weighted by Crippen LogP contribution is -2.38. The third-order valence-electron chi connectivity index (χ3n) is 3.16. The van der Waals surface area contributed by atoms with E-state index >= 15 is 0 Å². The molecule has 0 saturated carbocycles. The first-order valence-corrected chi connectivity index (χ1v) is 5.73. The molecule has 0 aromatic heterocycles. The summed E-state index contributed by atoms with van der Waals surface area (Å²) in [4.78, 5) is 23.0.